The number of aryl methyl sites for hydroxylation is 1. The monoisotopic (exact) mass is 413 g/mol. The van der Waals surface area contributed by atoms with Crippen LogP contribution in [0.4, 0.5) is 5.69 Å². The zero-order chi connectivity index (χ0) is 20.7. The average molecular weight is 413 g/mol. The first-order chi connectivity index (χ1) is 13.9. The van der Waals surface area contributed by atoms with Crippen molar-refractivity contribution >= 4 is 40.0 Å². The van der Waals surface area contributed by atoms with Crippen LogP contribution in [0.25, 0.3) is 11.6 Å². The first kappa shape index (κ1) is 19.6. The molecule has 0 radical (unpaired) electrons. The van der Waals surface area contributed by atoms with E-state index in [4.69, 9.17) is 4.74 Å². The van der Waals surface area contributed by atoms with Crippen molar-refractivity contribution in [3.05, 3.63) is 46.3 Å². The topological polar surface area (TPSA) is 91.5 Å². The number of nitrogens with one attached hydrogen (secondary N) is 2. The number of fused-ring (bicyclic) bond motifs is 1. The molecular formula is C21H23N3O4S. The van der Waals surface area contributed by atoms with Crippen LogP contribution in [0.2, 0.25) is 0 Å². The molecule has 2 amide bonds. The van der Waals surface area contributed by atoms with Gasteiger partial charge in [0, 0.05) is 57.7 Å². The second kappa shape index (κ2) is 7.61. The molecule has 1 aromatic heterocycles. The Kier molecular flexibility index (Phi) is 5.14. The predicted octanol–water partition coefficient (Wildman–Crippen LogP) is 2.33. The number of morpholine rings is 1. The van der Waals surface area contributed by atoms with Crippen molar-refractivity contribution in [2.24, 2.45) is 0 Å². The van der Waals surface area contributed by atoms with E-state index in [0.717, 1.165) is 22.5 Å². The molecule has 1 aromatic carbocycles. The van der Waals surface area contributed by atoms with Gasteiger partial charge in [-0.15, -0.1) is 0 Å². The quantitative estimate of drug-likeness (QED) is 0.756. The lowest BCUT2D eigenvalue weighted by Gasteiger charge is -2.27. The number of carbonyl (C=O) groups excluding carboxylic acids is 2. The van der Waals surface area contributed by atoms with Crippen LogP contribution in [0, 0.1) is 13.8 Å². The third kappa shape index (κ3) is 3.54. The van der Waals surface area contributed by atoms with Gasteiger partial charge in [0.2, 0.25) is 0 Å². The van der Waals surface area contributed by atoms with E-state index in [2.05, 4.69) is 10.3 Å². The van der Waals surface area contributed by atoms with Gasteiger partial charge in [-0.3, -0.25) is 13.8 Å². The molecule has 8 heteroatoms. The second-order valence-corrected chi connectivity index (χ2v) is 8.62. The van der Waals surface area contributed by atoms with E-state index in [0.29, 0.717) is 48.0 Å². The van der Waals surface area contributed by atoms with Crippen LogP contribution >= 0.6 is 0 Å². The van der Waals surface area contributed by atoms with E-state index in [1.807, 2.05) is 13.8 Å². The molecule has 2 aliphatic rings. The van der Waals surface area contributed by atoms with E-state index in [-0.39, 0.29) is 11.8 Å². The summed E-state index contributed by atoms with van der Waals surface area (Å²) >= 11 is 0. The van der Waals surface area contributed by atoms with Crippen LogP contribution in [-0.2, 0) is 20.3 Å². The summed E-state index contributed by atoms with van der Waals surface area (Å²) in [4.78, 5) is 31.2. The maximum absolute atomic E-state index is 13.0. The van der Waals surface area contributed by atoms with Crippen molar-refractivity contribution in [3.63, 3.8) is 0 Å². The lowest BCUT2D eigenvalue weighted by Crippen LogP contribution is -2.41. The maximum Gasteiger partial charge on any atom is 0.256 e. The lowest BCUT2D eigenvalue weighted by atomic mass is 10.0. The van der Waals surface area contributed by atoms with Crippen LogP contribution in [0.5, 0.6) is 0 Å². The van der Waals surface area contributed by atoms with Gasteiger partial charge >= 0.3 is 0 Å². The van der Waals surface area contributed by atoms with Crippen LogP contribution in [0.15, 0.2) is 23.1 Å². The van der Waals surface area contributed by atoms with Crippen molar-refractivity contribution in [2.75, 3.05) is 37.9 Å². The highest BCUT2D eigenvalue weighted by atomic mass is 32.2. The normalized spacial score (nSPS) is 18.7. The molecule has 0 bridgehead atoms. The smallest absolute Gasteiger partial charge is 0.256 e. The van der Waals surface area contributed by atoms with Crippen molar-refractivity contribution in [1.29, 1.82) is 0 Å². The van der Waals surface area contributed by atoms with Crippen LogP contribution < -0.4 is 5.32 Å². The van der Waals surface area contributed by atoms with Gasteiger partial charge in [-0.2, -0.15) is 0 Å². The molecule has 1 fully saturated rings. The summed E-state index contributed by atoms with van der Waals surface area (Å²) in [6.45, 7) is 5.99. The fourth-order valence-corrected chi connectivity index (χ4v) is 4.34. The van der Waals surface area contributed by atoms with Gasteiger partial charge in [0.05, 0.1) is 24.4 Å². The number of hydrogen-bond acceptors (Lipinski definition) is 4. The number of nitrogens with zero attached hydrogens (tertiary/aromatic N) is 1. The molecule has 2 N–H and O–H groups in total. The molecule has 3 heterocycles. The standard InChI is InChI=1S/C21H23N3O4S/c1-12-18(22-13(2)19(12)21(26)24-6-8-28-9-7-24)11-16-15-10-14(29(3)27)4-5-17(15)23-20(16)25/h4-5,10-11,22H,6-9H2,1-3H3,(H,23,25). The molecule has 1 atom stereocenters. The molecule has 1 unspecified atom stereocenters. The first-order valence-corrected chi connectivity index (χ1v) is 11.0. The van der Waals surface area contributed by atoms with Crippen molar-refractivity contribution < 1.29 is 18.5 Å². The number of benzene rings is 1. The molecule has 4 rings (SSSR count). The van der Waals surface area contributed by atoms with Gasteiger partial charge in [-0.05, 0) is 43.7 Å². The predicted molar refractivity (Wildman–Crippen MR) is 112 cm³/mol. The first-order valence-electron chi connectivity index (χ1n) is 9.44. The zero-order valence-corrected chi connectivity index (χ0v) is 17.4. The third-order valence-corrected chi connectivity index (χ3v) is 6.30. The minimum Gasteiger partial charge on any atom is -0.378 e. The molecule has 29 heavy (non-hydrogen) atoms. The third-order valence-electron chi connectivity index (χ3n) is 5.38. The van der Waals surface area contributed by atoms with Gasteiger partial charge in [-0.1, -0.05) is 0 Å². The average Bonchev–Trinajstić information content (AvgIpc) is 3.17. The van der Waals surface area contributed by atoms with Gasteiger partial charge in [-0.25, -0.2) is 0 Å². The second-order valence-electron chi connectivity index (χ2n) is 7.24. The van der Waals surface area contributed by atoms with Gasteiger partial charge in [0.1, 0.15) is 0 Å². The molecular weight excluding hydrogens is 390 g/mol. The summed E-state index contributed by atoms with van der Waals surface area (Å²) in [6.07, 6.45) is 3.37. The zero-order valence-electron chi connectivity index (χ0n) is 16.6. The summed E-state index contributed by atoms with van der Waals surface area (Å²) < 4.78 is 17.2. The molecule has 2 aliphatic heterocycles. The van der Waals surface area contributed by atoms with E-state index < -0.39 is 10.8 Å². The SMILES string of the molecule is Cc1[nH]c(C=C2C(=O)Nc3ccc(S(C)=O)cc32)c(C)c1C(=O)N1CCOCC1. The Bertz CT molecular complexity index is 1060. The molecule has 0 spiro atoms. The van der Waals surface area contributed by atoms with Gasteiger partial charge in [0.25, 0.3) is 11.8 Å². The molecule has 0 saturated carbocycles. The minimum atomic E-state index is -1.14. The van der Waals surface area contributed by atoms with Crippen LogP contribution in [0.3, 0.4) is 0 Å². The Morgan fingerprint density at radius 3 is 2.66 bits per heavy atom. The summed E-state index contributed by atoms with van der Waals surface area (Å²) in [7, 11) is -1.14. The molecule has 1 saturated heterocycles. The van der Waals surface area contributed by atoms with Crippen molar-refractivity contribution in [3.8, 4) is 0 Å². The Labute approximate surface area is 171 Å². The number of aromatic nitrogens is 1. The summed E-state index contributed by atoms with van der Waals surface area (Å²) in [6, 6.07) is 5.30. The molecule has 7 nitrogen and oxygen atoms in total. The fourth-order valence-electron chi connectivity index (χ4n) is 3.80. The highest BCUT2D eigenvalue weighted by Gasteiger charge is 2.27. The summed E-state index contributed by atoms with van der Waals surface area (Å²) in [5.74, 6) is -0.240. The Balaban J connectivity index is 1.73. The van der Waals surface area contributed by atoms with Crippen LogP contribution in [0.1, 0.15) is 32.9 Å². The number of aromatic amines is 1. The Morgan fingerprint density at radius 1 is 1.24 bits per heavy atom. The highest BCUT2D eigenvalue weighted by Crippen LogP contribution is 2.35. The maximum atomic E-state index is 13.0. The number of anilines is 1. The fraction of sp³-hybridized carbons (Fsp3) is 0.333. The van der Waals surface area contributed by atoms with Gasteiger partial charge in [0.15, 0.2) is 0 Å². The molecule has 2 aromatic rings. The van der Waals surface area contributed by atoms with Crippen LogP contribution in [-0.4, -0.2) is 58.5 Å². The van der Waals surface area contributed by atoms with E-state index >= 15 is 0 Å². The summed E-state index contributed by atoms with van der Waals surface area (Å²) in [5, 5.41) is 2.84. The molecule has 0 aliphatic carbocycles. The number of carbonyl (C=O) groups is 2. The Hall–Kier alpha value is -2.71. The number of ether oxygens (including phenoxy) is 1. The van der Waals surface area contributed by atoms with Gasteiger partial charge < -0.3 is 19.9 Å². The Morgan fingerprint density at radius 2 is 1.97 bits per heavy atom. The number of rotatable bonds is 3. The number of amides is 2. The van der Waals surface area contributed by atoms with E-state index in [1.165, 1.54) is 0 Å². The van der Waals surface area contributed by atoms with E-state index in [1.54, 1.807) is 35.4 Å². The van der Waals surface area contributed by atoms with E-state index in [9.17, 15) is 13.8 Å². The molecule has 152 valence electrons. The summed E-state index contributed by atoms with van der Waals surface area (Å²) in [5.41, 5.74) is 4.84. The number of hydrogen-bond donors (Lipinski definition) is 2. The minimum absolute atomic E-state index is 0.0239. The largest absolute Gasteiger partial charge is 0.378 e. The highest BCUT2D eigenvalue weighted by molar-refractivity contribution is 7.84. The number of H-pyrrole nitrogens is 1. The van der Waals surface area contributed by atoms with Crippen molar-refractivity contribution in [1.82, 2.24) is 9.88 Å². The van der Waals surface area contributed by atoms with Crippen molar-refractivity contribution in [2.45, 2.75) is 18.7 Å². The lowest BCUT2D eigenvalue weighted by molar-refractivity contribution is -0.110.